The van der Waals surface area contributed by atoms with Gasteiger partial charge in [0.25, 0.3) is 5.91 Å². The van der Waals surface area contributed by atoms with Crippen molar-refractivity contribution in [1.29, 1.82) is 0 Å². The van der Waals surface area contributed by atoms with Crippen LogP contribution in [0.3, 0.4) is 0 Å². The lowest BCUT2D eigenvalue weighted by Crippen LogP contribution is -2.17. The highest BCUT2D eigenvalue weighted by atomic mass is 35.5. The van der Waals surface area contributed by atoms with Crippen LogP contribution in [0.4, 0.5) is 0 Å². The van der Waals surface area contributed by atoms with Crippen molar-refractivity contribution in [2.45, 2.75) is 6.92 Å². The molecule has 1 amide bonds. The van der Waals surface area contributed by atoms with E-state index in [2.05, 4.69) is 10.5 Å². The summed E-state index contributed by atoms with van der Waals surface area (Å²) in [6.45, 7) is 2.47. The molecule has 0 unspecified atom stereocenters. The van der Waals surface area contributed by atoms with Crippen molar-refractivity contribution in [2.75, 3.05) is 20.8 Å². The lowest BCUT2D eigenvalue weighted by molar-refractivity contribution is 0.0955. The molecule has 0 saturated carbocycles. The molecule has 2 aromatic carbocycles. The SMILES string of the molecule is CCOc1ccc(C(=O)N/N=C/c2cc(Cl)c(OC)cc2OC)cc1. The first-order chi connectivity index (χ1) is 12.1. The van der Waals surface area contributed by atoms with Crippen molar-refractivity contribution >= 4 is 23.7 Å². The summed E-state index contributed by atoms with van der Waals surface area (Å²) in [6.07, 6.45) is 1.45. The van der Waals surface area contributed by atoms with Gasteiger partial charge in [-0.2, -0.15) is 5.10 Å². The molecule has 0 aliphatic heterocycles. The van der Waals surface area contributed by atoms with Crippen LogP contribution in [-0.2, 0) is 0 Å². The molecule has 1 N–H and O–H groups in total. The van der Waals surface area contributed by atoms with E-state index in [4.69, 9.17) is 25.8 Å². The van der Waals surface area contributed by atoms with Crippen LogP contribution < -0.4 is 19.6 Å². The molecule has 25 heavy (non-hydrogen) atoms. The Morgan fingerprint density at radius 1 is 1.16 bits per heavy atom. The number of carbonyl (C=O) groups is 1. The van der Waals surface area contributed by atoms with Crippen LogP contribution in [0.25, 0.3) is 0 Å². The molecule has 2 rings (SSSR count). The number of carbonyl (C=O) groups excluding carboxylic acids is 1. The number of halogens is 1. The third-order valence-corrected chi connectivity index (χ3v) is 3.60. The number of hydrazone groups is 1. The van der Waals surface area contributed by atoms with Gasteiger partial charge in [0.15, 0.2) is 0 Å². The summed E-state index contributed by atoms with van der Waals surface area (Å²) in [6, 6.07) is 10.1. The van der Waals surface area contributed by atoms with Crippen molar-refractivity contribution in [3.05, 3.63) is 52.5 Å². The zero-order valence-corrected chi connectivity index (χ0v) is 15.0. The minimum Gasteiger partial charge on any atom is -0.496 e. The van der Waals surface area contributed by atoms with Gasteiger partial charge in [-0.25, -0.2) is 5.43 Å². The van der Waals surface area contributed by atoms with Crippen molar-refractivity contribution in [3.8, 4) is 17.2 Å². The van der Waals surface area contributed by atoms with E-state index < -0.39 is 0 Å². The van der Waals surface area contributed by atoms with E-state index in [-0.39, 0.29) is 5.91 Å². The Bertz CT molecular complexity index is 760. The number of hydrogen-bond acceptors (Lipinski definition) is 5. The summed E-state index contributed by atoms with van der Waals surface area (Å²) in [4.78, 5) is 12.1. The third-order valence-electron chi connectivity index (χ3n) is 3.30. The molecule has 0 aliphatic carbocycles. The second-order valence-corrected chi connectivity index (χ2v) is 5.29. The Hall–Kier alpha value is -2.73. The zero-order chi connectivity index (χ0) is 18.2. The summed E-state index contributed by atoms with van der Waals surface area (Å²) in [5, 5.41) is 4.37. The molecule has 0 radical (unpaired) electrons. The van der Waals surface area contributed by atoms with E-state index in [0.717, 1.165) is 0 Å². The van der Waals surface area contributed by atoms with Crippen molar-refractivity contribution in [1.82, 2.24) is 5.43 Å². The highest BCUT2D eigenvalue weighted by Crippen LogP contribution is 2.31. The van der Waals surface area contributed by atoms with Gasteiger partial charge in [0.05, 0.1) is 32.1 Å². The van der Waals surface area contributed by atoms with Gasteiger partial charge in [0, 0.05) is 17.2 Å². The molecule has 0 atom stereocenters. The van der Waals surface area contributed by atoms with Crippen LogP contribution in [0.2, 0.25) is 5.02 Å². The van der Waals surface area contributed by atoms with Gasteiger partial charge in [-0.15, -0.1) is 0 Å². The maximum absolute atomic E-state index is 12.1. The second-order valence-electron chi connectivity index (χ2n) is 4.89. The molecule has 0 aromatic heterocycles. The molecule has 0 saturated heterocycles. The lowest BCUT2D eigenvalue weighted by Gasteiger charge is -2.09. The van der Waals surface area contributed by atoms with Crippen LogP contribution in [-0.4, -0.2) is 32.9 Å². The topological polar surface area (TPSA) is 69.2 Å². The summed E-state index contributed by atoms with van der Waals surface area (Å²) in [5.74, 6) is 1.40. The van der Waals surface area contributed by atoms with Crippen molar-refractivity contribution < 1.29 is 19.0 Å². The minimum absolute atomic E-state index is 0.335. The molecule has 7 heteroatoms. The van der Waals surface area contributed by atoms with Crippen LogP contribution >= 0.6 is 11.6 Å². The molecule has 0 aliphatic rings. The first-order valence-corrected chi connectivity index (χ1v) is 7.94. The van der Waals surface area contributed by atoms with E-state index >= 15 is 0 Å². The number of hydrogen-bond donors (Lipinski definition) is 1. The summed E-state index contributed by atoms with van der Waals surface area (Å²) >= 11 is 6.09. The fourth-order valence-electron chi connectivity index (χ4n) is 2.08. The Kier molecular flexibility index (Phi) is 6.65. The Labute approximate surface area is 151 Å². The lowest BCUT2D eigenvalue weighted by atomic mass is 10.2. The van der Waals surface area contributed by atoms with Crippen LogP contribution in [0, 0.1) is 0 Å². The summed E-state index contributed by atoms with van der Waals surface area (Å²) < 4.78 is 15.7. The molecule has 6 nitrogen and oxygen atoms in total. The van der Waals surface area contributed by atoms with Gasteiger partial charge in [-0.1, -0.05) is 11.6 Å². The van der Waals surface area contributed by atoms with Gasteiger partial charge in [0.1, 0.15) is 17.2 Å². The molecule has 0 heterocycles. The molecule has 0 spiro atoms. The first-order valence-electron chi connectivity index (χ1n) is 7.56. The van der Waals surface area contributed by atoms with E-state index in [1.165, 1.54) is 20.4 Å². The van der Waals surface area contributed by atoms with E-state index in [1.54, 1.807) is 36.4 Å². The standard InChI is InChI=1S/C18H19ClN2O4/c1-4-25-14-7-5-12(6-8-14)18(22)21-20-11-13-9-15(19)17(24-3)10-16(13)23-2/h5-11H,4H2,1-3H3,(H,21,22)/b20-11+. The van der Waals surface area contributed by atoms with Crippen molar-refractivity contribution in [3.63, 3.8) is 0 Å². The maximum atomic E-state index is 12.1. The number of ether oxygens (including phenoxy) is 3. The predicted octanol–water partition coefficient (Wildman–Crippen LogP) is 3.52. The molecule has 0 fully saturated rings. The predicted molar refractivity (Wildman–Crippen MR) is 97.2 cm³/mol. The molecule has 2 aromatic rings. The van der Waals surface area contributed by atoms with Crippen LogP contribution in [0.5, 0.6) is 17.2 Å². The average Bonchev–Trinajstić information content (AvgIpc) is 2.62. The van der Waals surface area contributed by atoms with Crippen molar-refractivity contribution in [2.24, 2.45) is 5.10 Å². The molecule has 132 valence electrons. The van der Waals surface area contributed by atoms with Gasteiger partial charge < -0.3 is 14.2 Å². The smallest absolute Gasteiger partial charge is 0.271 e. The number of amides is 1. The zero-order valence-electron chi connectivity index (χ0n) is 14.2. The second kappa shape index (κ2) is 8.94. The van der Waals surface area contributed by atoms with E-state index in [9.17, 15) is 4.79 Å². The normalized spacial score (nSPS) is 10.6. The van der Waals surface area contributed by atoms with Crippen LogP contribution in [0.1, 0.15) is 22.8 Å². The fourth-order valence-corrected chi connectivity index (χ4v) is 2.33. The minimum atomic E-state index is -0.335. The monoisotopic (exact) mass is 362 g/mol. The Morgan fingerprint density at radius 3 is 2.44 bits per heavy atom. The molecular weight excluding hydrogens is 344 g/mol. The van der Waals surface area contributed by atoms with E-state index in [0.29, 0.717) is 40.0 Å². The van der Waals surface area contributed by atoms with Crippen LogP contribution in [0.15, 0.2) is 41.5 Å². The third kappa shape index (κ3) is 4.87. The summed E-state index contributed by atoms with van der Waals surface area (Å²) in [7, 11) is 3.05. The molecular formula is C18H19ClN2O4. The quantitative estimate of drug-likeness (QED) is 0.604. The average molecular weight is 363 g/mol. The number of benzene rings is 2. The highest BCUT2D eigenvalue weighted by Gasteiger charge is 2.09. The van der Waals surface area contributed by atoms with Gasteiger partial charge in [0.2, 0.25) is 0 Å². The largest absolute Gasteiger partial charge is 0.496 e. The summed E-state index contributed by atoms with van der Waals surface area (Å²) in [5.41, 5.74) is 3.54. The van der Waals surface area contributed by atoms with Gasteiger partial charge >= 0.3 is 0 Å². The number of nitrogens with one attached hydrogen (secondary N) is 1. The van der Waals surface area contributed by atoms with E-state index in [1.807, 2.05) is 6.92 Å². The molecule has 0 bridgehead atoms. The van der Waals surface area contributed by atoms with Gasteiger partial charge in [-0.3, -0.25) is 4.79 Å². The number of methoxy groups -OCH3 is 2. The van der Waals surface area contributed by atoms with Gasteiger partial charge in [-0.05, 0) is 37.3 Å². The fraction of sp³-hybridized carbons (Fsp3) is 0.222. The Morgan fingerprint density at radius 2 is 1.84 bits per heavy atom. The number of nitrogens with zero attached hydrogens (tertiary/aromatic N) is 1. The number of rotatable bonds is 7. The first kappa shape index (κ1) is 18.6. The Balaban J connectivity index is 2.07. The maximum Gasteiger partial charge on any atom is 0.271 e. The highest BCUT2D eigenvalue weighted by molar-refractivity contribution is 6.32.